The van der Waals surface area contributed by atoms with Crippen molar-refractivity contribution in [3.05, 3.63) is 51.3 Å². The van der Waals surface area contributed by atoms with Gasteiger partial charge in [0.2, 0.25) is 0 Å². The number of rotatable bonds is 6. The molecule has 8 heteroatoms. The third-order valence-corrected chi connectivity index (χ3v) is 4.41. The van der Waals surface area contributed by atoms with E-state index in [1.165, 1.54) is 0 Å². The number of aromatic amines is 1. The Hall–Kier alpha value is -2.80. The van der Waals surface area contributed by atoms with Crippen molar-refractivity contribution in [1.29, 1.82) is 0 Å². The average Bonchev–Trinajstić information content (AvgIpc) is 2.92. The van der Waals surface area contributed by atoms with Gasteiger partial charge in [-0.05, 0) is 51.0 Å². The van der Waals surface area contributed by atoms with E-state index in [1.54, 1.807) is 45.9 Å². The molecule has 0 saturated heterocycles. The van der Waals surface area contributed by atoms with Gasteiger partial charge in [-0.1, -0.05) is 17.7 Å². The zero-order valence-electron chi connectivity index (χ0n) is 15.6. The van der Waals surface area contributed by atoms with Crippen LogP contribution >= 0.6 is 11.6 Å². The summed E-state index contributed by atoms with van der Waals surface area (Å²) in [6, 6.07) is 5.12. The number of aryl methyl sites for hydroxylation is 1. The molecule has 1 amide bonds. The van der Waals surface area contributed by atoms with E-state index in [0.29, 0.717) is 22.0 Å². The number of carbonyl (C=O) groups excluding carboxylic acids is 3. The standard InChI is InChI=1S/C19H21ClN2O5/c1-5-26-19(25)17-11(3)16(12(4)21-17)18(24)27-9-15(23)22-14-8-6-7-13(20)10(14)2/h6-8,21H,5,9H2,1-4H3,(H,22,23). The molecule has 1 aromatic carbocycles. The molecule has 7 nitrogen and oxygen atoms in total. The first kappa shape index (κ1) is 20.5. The molecule has 2 rings (SSSR count). The van der Waals surface area contributed by atoms with Crippen LogP contribution in [0, 0.1) is 20.8 Å². The lowest BCUT2D eigenvalue weighted by atomic mass is 10.1. The molecule has 0 saturated carbocycles. The number of halogens is 1. The molecule has 144 valence electrons. The molecule has 0 fully saturated rings. The second kappa shape index (κ2) is 8.73. The van der Waals surface area contributed by atoms with Crippen molar-refractivity contribution in [3.8, 4) is 0 Å². The maximum Gasteiger partial charge on any atom is 0.355 e. The topological polar surface area (TPSA) is 97.5 Å². The first-order valence-corrected chi connectivity index (χ1v) is 8.72. The van der Waals surface area contributed by atoms with Crippen molar-refractivity contribution in [2.75, 3.05) is 18.5 Å². The quantitative estimate of drug-likeness (QED) is 0.732. The van der Waals surface area contributed by atoms with E-state index >= 15 is 0 Å². The molecule has 0 aliphatic carbocycles. The van der Waals surface area contributed by atoms with Crippen LogP contribution in [0.25, 0.3) is 0 Å². The van der Waals surface area contributed by atoms with Gasteiger partial charge in [-0.3, -0.25) is 4.79 Å². The maximum atomic E-state index is 12.4. The van der Waals surface area contributed by atoms with Gasteiger partial charge in [0.1, 0.15) is 5.69 Å². The van der Waals surface area contributed by atoms with Crippen molar-refractivity contribution in [2.24, 2.45) is 0 Å². The molecule has 0 unspecified atom stereocenters. The number of hydrogen-bond acceptors (Lipinski definition) is 5. The van der Waals surface area contributed by atoms with Crippen LogP contribution in [-0.4, -0.2) is 36.0 Å². The first-order valence-electron chi connectivity index (χ1n) is 8.34. The summed E-state index contributed by atoms with van der Waals surface area (Å²) in [5.41, 5.74) is 2.55. The molecule has 2 N–H and O–H groups in total. The summed E-state index contributed by atoms with van der Waals surface area (Å²) in [6.45, 7) is 6.47. The zero-order valence-corrected chi connectivity index (χ0v) is 16.3. The number of hydrogen-bond donors (Lipinski definition) is 2. The normalized spacial score (nSPS) is 10.4. The number of esters is 2. The van der Waals surface area contributed by atoms with Crippen LogP contribution in [0.4, 0.5) is 5.69 Å². The second-order valence-electron chi connectivity index (χ2n) is 5.88. The highest BCUT2D eigenvalue weighted by atomic mass is 35.5. The fourth-order valence-electron chi connectivity index (χ4n) is 2.60. The second-order valence-corrected chi connectivity index (χ2v) is 6.29. The molecule has 0 spiro atoms. The Balaban J connectivity index is 2.04. The lowest BCUT2D eigenvalue weighted by molar-refractivity contribution is -0.119. The predicted molar refractivity (Wildman–Crippen MR) is 101 cm³/mol. The number of benzene rings is 1. The molecule has 0 aliphatic rings. The summed E-state index contributed by atoms with van der Waals surface area (Å²) in [4.78, 5) is 39.2. The highest BCUT2D eigenvalue weighted by Crippen LogP contribution is 2.23. The Kier molecular flexibility index (Phi) is 6.63. The first-order chi connectivity index (χ1) is 12.8. The van der Waals surface area contributed by atoms with Crippen LogP contribution in [0.1, 0.15) is 44.6 Å². The third-order valence-electron chi connectivity index (χ3n) is 4.00. The predicted octanol–water partition coefficient (Wildman–Crippen LogP) is 3.57. The van der Waals surface area contributed by atoms with Crippen LogP contribution in [0.15, 0.2) is 18.2 Å². The van der Waals surface area contributed by atoms with E-state index in [1.807, 2.05) is 0 Å². The van der Waals surface area contributed by atoms with E-state index in [4.69, 9.17) is 21.1 Å². The molecular formula is C19H21ClN2O5. The molecule has 2 aromatic rings. The van der Waals surface area contributed by atoms with Gasteiger partial charge >= 0.3 is 11.9 Å². The number of carbonyl (C=O) groups is 3. The lowest BCUT2D eigenvalue weighted by Crippen LogP contribution is -2.21. The van der Waals surface area contributed by atoms with Crippen molar-refractivity contribution in [3.63, 3.8) is 0 Å². The van der Waals surface area contributed by atoms with E-state index in [0.717, 1.165) is 5.56 Å². The van der Waals surface area contributed by atoms with Gasteiger partial charge in [-0.15, -0.1) is 0 Å². The number of ether oxygens (including phenoxy) is 2. The smallest absolute Gasteiger partial charge is 0.355 e. The van der Waals surface area contributed by atoms with Crippen molar-refractivity contribution >= 4 is 35.1 Å². The minimum atomic E-state index is -0.699. The van der Waals surface area contributed by atoms with E-state index in [-0.39, 0.29) is 17.9 Å². The minimum absolute atomic E-state index is 0.195. The SMILES string of the molecule is CCOC(=O)c1[nH]c(C)c(C(=O)OCC(=O)Nc2cccc(Cl)c2C)c1C. The van der Waals surface area contributed by atoms with Gasteiger partial charge in [-0.25, -0.2) is 9.59 Å². The largest absolute Gasteiger partial charge is 0.461 e. The van der Waals surface area contributed by atoms with E-state index in [2.05, 4.69) is 10.3 Å². The highest BCUT2D eigenvalue weighted by molar-refractivity contribution is 6.31. The third kappa shape index (κ3) is 4.68. The number of H-pyrrole nitrogens is 1. The van der Waals surface area contributed by atoms with Crippen LogP contribution < -0.4 is 5.32 Å². The summed E-state index contributed by atoms with van der Waals surface area (Å²) < 4.78 is 10.0. The Morgan fingerprint density at radius 1 is 1.07 bits per heavy atom. The summed E-state index contributed by atoms with van der Waals surface area (Å²) in [5, 5.41) is 3.17. The van der Waals surface area contributed by atoms with E-state index < -0.39 is 24.5 Å². The van der Waals surface area contributed by atoms with Crippen LogP contribution in [-0.2, 0) is 14.3 Å². The zero-order chi connectivity index (χ0) is 20.1. The van der Waals surface area contributed by atoms with Crippen LogP contribution in [0.3, 0.4) is 0 Å². The lowest BCUT2D eigenvalue weighted by Gasteiger charge is -2.10. The summed E-state index contributed by atoms with van der Waals surface area (Å²) in [7, 11) is 0. The molecule has 27 heavy (non-hydrogen) atoms. The van der Waals surface area contributed by atoms with Gasteiger partial charge in [0, 0.05) is 16.4 Å². The Morgan fingerprint density at radius 2 is 1.78 bits per heavy atom. The van der Waals surface area contributed by atoms with Crippen LogP contribution in [0.5, 0.6) is 0 Å². The Morgan fingerprint density at radius 3 is 2.44 bits per heavy atom. The van der Waals surface area contributed by atoms with Gasteiger partial charge < -0.3 is 19.8 Å². The molecule has 0 aliphatic heterocycles. The number of anilines is 1. The minimum Gasteiger partial charge on any atom is -0.461 e. The average molecular weight is 393 g/mol. The fraction of sp³-hybridized carbons (Fsp3) is 0.316. The number of amides is 1. The molecule has 0 atom stereocenters. The van der Waals surface area contributed by atoms with Crippen molar-refractivity contribution in [2.45, 2.75) is 27.7 Å². The number of nitrogens with one attached hydrogen (secondary N) is 2. The van der Waals surface area contributed by atoms with Crippen molar-refractivity contribution < 1.29 is 23.9 Å². The fourth-order valence-corrected chi connectivity index (χ4v) is 2.77. The molecular weight excluding hydrogens is 372 g/mol. The van der Waals surface area contributed by atoms with Crippen LogP contribution in [0.2, 0.25) is 5.02 Å². The van der Waals surface area contributed by atoms with E-state index in [9.17, 15) is 14.4 Å². The maximum absolute atomic E-state index is 12.4. The molecule has 0 bridgehead atoms. The Bertz CT molecular complexity index is 888. The van der Waals surface area contributed by atoms with Gasteiger partial charge in [0.15, 0.2) is 6.61 Å². The number of aromatic nitrogens is 1. The summed E-state index contributed by atoms with van der Waals surface area (Å²) in [5.74, 6) is -1.74. The van der Waals surface area contributed by atoms with Gasteiger partial charge in [-0.2, -0.15) is 0 Å². The summed E-state index contributed by atoms with van der Waals surface area (Å²) >= 11 is 6.01. The highest BCUT2D eigenvalue weighted by Gasteiger charge is 2.24. The monoisotopic (exact) mass is 392 g/mol. The summed E-state index contributed by atoms with van der Waals surface area (Å²) in [6.07, 6.45) is 0. The molecule has 1 aromatic heterocycles. The molecule has 1 heterocycles. The molecule has 0 radical (unpaired) electrons. The van der Waals surface area contributed by atoms with Gasteiger partial charge in [0.25, 0.3) is 5.91 Å². The van der Waals surface area contributed by atoms with Gasteiger partial charge in [0.05, 0.1) is 12.2 Å². The van der Waals surface area contributed by atoms with Crippen molar-refractivity contribution in [1.82, 2.24) is 4.98 Å². The Labute approximate surface area is 162 Å².